The smallest absolute Gasteiger partial charge is 0.277 e. The summed E-state index contributed by atoms with van der Waals surface area (Å²) in [6.45, 7) is 4.19. The molecule has 0 spiro atoms. The van der Waals surface area contributed by atoms with E-state index < -0.39 is 0 Å². The summed E-state index contributed by atoms with van der Waals surface area (Å²) < 4.78 is 5.45. The molecule has 2 rings (SSSR count). The lowest BCUT2D eigenvalue weighted by molar-refractivity contribution is -0.123. The Kier molecular flexibility index (Phi) is 7.29. The molecule has 1 N–H and O–H groups in total. The molecule has 0 bridgehead atoms. The van der Waals surface area contributed by atoms with Crippen LogP contribution in [0.4, 0.5) is 0 Å². The van der Waals surface area contributed by atoms with Crippen LogP contribution in [0.15, 0.2) is 47.6 Å². The number of carbonyl (C=O) groups excluding carboxylic acids is 1. The molecule has 0 fully saturated rings. The van der Waals surface area contributed by atoms with Gasteiger partial charge in [-0.2, -0.15) is 5.10 Å². The highest BCUT2D eigenvalue weighted by Crippen LogP contribution is 2.22. The van der Waals surface area contributed by atoms with Gasteiger partial charge in [-0.1, -0.05) is 55.2 Å². The van der Waals surface area contributed by atoms with E-state index in [0.717, 1.165) is 6.42 Å². The van der Waals surface area contributed by atoms with E-state index in [-0.39, 0.29) is 12.5 Å². The van der Waals surface area contributed by atoms with Crippen LogP contribution in [0.5, 0.6) is 5.75 Å². The van der Waals surface area contributed by atoms with Crippen LogP contribution in [0.3, 0.4) is 0 Å². The van der Waals surface area contributed by atoms with Gasteiger partial charge >= 0.3 is 0 Å². The van der Waals surface area contributed by atoms with Crippen LogP contribution in [0.25, 0.3) is 0 Å². The minimum absolute atomic E-state index is 0.129. The van der Waals surface area contributed by atoms with E-state index in [9.17, 15) is 4.79 Å². The Labute approximate surface area is 157 Å². The van der Waals surface area contributed by atoms with Gasteiger partial charge in [0.05, 0.1) is 16.3 Å². The molecule has 0 heterocycles. The predicted octanol–water partition coefficient (Wildman–Crippen LogP) is 5.04. The van der Waals surface area contributed by atoms with Crippen molar-refractivity contribution in [3.63, 3.8) is 0 Å². The standard InChI is InChI=1S/C19H20Cl2N2O2/c1-3-13(2)14-7-9-15(10-8-14)25-12-19(24)23-22-11-16-17(20)5-4-6-18(16)21/h4-11,13H,3,12H2,1-2H3,(H,23,24)/b22-11+. The van der Waals surface area contributed by atoms with Crippen molar-refractivity contribution in [1.82, 2.24) is 5.43 Å². The minimum atomic E-state index is -0.370. The number of rotatable bonds is 7. The molecule has 2 aromatic rings. The van der Waals surface area contributed by atoms with Gasteiger partial charge in [-0.3, -0.25) is 4.79 Å². The summed E-state index contributed by atoms with van der Waals surface area (Å²) in [6.07, 6.45) is 2.49. The molecular formula is C19H20Cl2N2O2. The zero-order chi connectivity index (χ0) is 18.2. The minimum Gasteiger partial charge on any atom is -0.484 e. The highest BCUT2D eigenvalue weighted by atomic mass is 35.5. The van der Waals surface area contributed by atoms with Gasteiger partial charge in [0.1, 0.15) is 5.75 Å². The number of hydrogen-bond donors (Lipinski definition) is 1. The zero-order valence-corrected chi connectivity index (χ0v) is 15.6. The first-order chi connectivity index (χ1) is 12.0. The van der Waals surface area contributed by atoms with Gasteiger partial charge in [-0.05, 0) is 42.2 Å². The van der Waals surface area contributed by atoms with Crippen LogP contribution < -0.4 is 10.2 Å². The third kappa shape index (κ3) is 5.76. The fourth-order valence-electron chi connectivity index (χ4n) is 2.11. The molecule has 132 valence electrons. The predicted molar refractivity (Wildman–Crippen MR) is 103 cm³/mol. The average molecular weight is 379 g/mol. The topological polar surface area (TPSA) is 50.7 Å². The molecule has 0 radical (unpaired) electrons. The van der Waals surface area contributed by atoms with Gasteiger partial charge in [0.25, 0.3) is 5.91 Å². The van der Waals surface area contributed by atoms with E-state index in [1.54, 1.807) is 18.2 Å². The van der Waals surface area contributed by atoms with Crippen LogP contribution in [0.2, 0.25) is 10.0 Å². The van der Waals surface area contributed by atoms with Gasteiger partial charge in [-0.15, -0.1) is 0 Å². The number of hydrogen-bond acceptors (Lipinski definition) is 3. The first-order valence-electron chi connectivity index (χ1n) is 8.00. The van der Waals surface area contributed by atoms with Crippen LogP contribution in [-0.2, 0) is 4.79 Å². The molecule has 0 aromatic heterocycles. The zero-order valence-electron chi connectivity index (χ0n) is 14.1. The molecule has 0 aliphatic heterocycles. The second-order valence-electron chi connectivity index (χ2n) is 5.60. The highest BCUT2D eigenvalue weighted by Gasteiger charge is 2.05. The number of nitrogens with one attached hydrogen (secondary N) is 1. The van der Waals surface area contributed by atoms with Crippen LogP contribution in [-0.4, -0.2) is 18.7 Å². The van der Waals surface area contributed by atoms with Gasteiger partial charge in [-0.25, -0.2) is 5.43 Å². The lowest BCUT2D eigenvalue weighted by atomic mass is 9.99. The maximum Gasteiger partial charge on any atom is 0.277 e. The van der Waals surface area contributed by atoms with Gasteiger partial charge < -0.3 is 4.74 Å². The molecule has 1 atom stereocenters. The third-order valence-corrected chi connectivity index (χ3v) is 4.47. The fraction of sp³-hybridized carbons (Fsp3) is 0.263. The quantitative estimate of drug-likeness (QED) is 0.542. The Morgan fingerprint density at radius 2 is 1.84 bits per heavy atom. The van der Waals surface area contributed by atoms with Crippen molar-refractivity contribution >= 4 is 35.3 Å². The molecule has 25 heavy (non-hydrogen) atoms. The summed E-state index contributed by atoms with van der Waals surface area (Å²) in [6, 6.07) is 12.9. The van der Waals surface area contributed by atoms with Gasteiger partial charge in [0.15, 0.2) is 6.61 Å². The number of benzene rings is 2. The molecule has 0 aliphatic carbocycles. The van der Waals surface area contributed by atoms with Crippen LogP contribution in [0.1, 0.15) is 37.3 Å². The first kappa shape index (κ1) is 19.3. The molecule has 0 saturated carbocycles. The SMILES string of the molecule is CCC(C)c1ccc(OCC(=O)N/N=C/c2c(Cl)cccc2Cl)cc1. The molecular weight excluding hydrogens is 359 g/mol. The van der Waals surface area contributed by atoms with Crippen molar-refractivity contribution in [2.75, 3.05) is 6.61 Å². The van der Waals surface area contributed by atoms with E-state index >= 15 is 0 Å². The molecule has 1 unspecified atom stereocenters. The third-order valence-electron chi connectivity index (χ3n) is 3.81. The number of nitrogens with zero attached hydrogens (tertiary/aromatic N) is 1. The molecule has 4 nitrogen and oxygen atoms in total. The van der Waals surface area contributed by atoms with Crippen LogP contribution in [0, 0.1) is 0 Å². The van der Waals surface area contributed by atoms with Crippen molar-refractivity contribution in [3.8, 4) is 5.75 Å². The Hall–Kier alpha value is -2.04. The Morgan fingerprint density at radius 1 is 1.20 bits per heavy atom. The van der Waals surface area contributed by atoms with Crippen molar-refractivity contribution in [3.05, 3.63) is 63.6 Å². The van der Waals surface area contributed by atoms with E-state index in [1.807, 2.05) is 24.3 Å². The van der Waals surface area contributed by atoms with E-state index in [0.29, 0.717) is 27.3 Å². The second kappa shape index (κ2) is 9.44. The lowest BCUT2D eigenvalue weighted by Gasteiger charge is -2.10. The Bertz CT molecular complexity index is 725. The number of carbonyl (C=O) groups is 1. The Balaban J connectivity index is 1.83. The fourth-order valence-corrected chi connectivity index (χ4v) is 2.61. The van der Waals surface area contributed by atoms with Crippen molar-refractivity contribution in [2.24, 2.45) is 5.10 Å². The van der Waals surface area contributed by atoms with E-state index in [2.05, 4.69) is 24.4 Å². The van der Waals surface area contributed by atoms with E-state index in [1.165, 1.54) is 11.8 Å². The summed E-state index contributed by atoms with van der Waals surface area (Å²) in [5.41, 5.74) is 4.18. The maximum atomic E-state index is 11.8. The largest absolute Gasteiger partial charge is 0.484 e. The summed E-state index contributed by atoms with van der Waals surface area (Å²) in [5, 5.41) is 4.77. The highest BCUT2D eigenvalue weighted by molar-refractivity contribution is 6.38. The monoisotopic (exact) mass is 378 g/mol. The summed E-state index contributed by atoms with van der Waals surface area (Å²) in [7, 11) is 0. The van der Waals surface area contributed by atoms with Crippen molar-refractivity contribution in [1.29, 1.82) is 0 Å². The Morgan fingerprint density at radius 3 is 2.44 bits per heavy atom. The molecule has 0 aliphatic rings. The normalized spacial score (nSPS) is 12.2. The van der Waals surface area contributed by atoms with Crippen molar-refractivity contribution in [2.45, 2.75) is 26.2 Å². The number of hydrazone groups is 1. The first-order valence-corrected chi connectivity index (χ1v) is 8.75. The van der Waals surface area contributed by atoms with E-state index in [4.69, 9.17) is 27.9 Å². The van der Waals surface area contributed by atoms with Gasteiger partial charge in [0.2, 0.25) is 0 Å². The van der Waals surface area contributed by atoms with Crippen LogP contribution >= 0.6 is 23.2 Å². The molecule has 6 heteroatoms. The molecule has 0 saturated heterocycles. The summed E-state index contributed by atoms with van der Waals surface area (Å²) in [5.74, 6) is 0.772. The lowest BCUT2D eigenvalue weighted by Crippen LogP contribution is -2.24. The summed E-state index contributed by atoms with van der Waals surface area (Å²) >= 11 is 12.0. The molecule has 1 amide bonds. The number of halogens is 2. The second-order valence-corrected chi connectivity index (χ2v) is 6.41. The number of amides is 1. The summed E-state index contributed by atoms with van der Waals surface area (Å²) in [4.78, 5) is 11.8. The van der Waals surface area contributed by atoms with Gasteiger partial charge in [0, 0.05) is 5.56 Å². The average Bonchev–Trinajstić information content (AvgIpc) is 2.62. The maximum absolute atomic E-state index is 11.8. The number of ether oxygens (including phenoxy) is 1. The van der Waals surface area contributed by atoms with Crippen molar-refractivity contribution < 1.29 is 9.53 Å². The molecule has 2 aromatic carbocycles.